The molecule has 3 aromatic rings. The van der Waals surface area contributed by atoms with Crippen LogP contribution in [0.25, 0.3) is 11.1 Å². The molecule has 6 heteroatoms. The fourth-order valence-corrected chi connectivity index (χ4v) is 3.11. The molecule has 0 aliphatic carbocycles. The smallest absolute Gasteiger partial charge is 0.269 e. The molecule has 0 saturated carbocycles. The third-order valence-corrected chi connectivity index (χ3v) is 4.67. The minimum Gasteiger partial charge on any atom is -0.298 e. The summed E-state index contributed by atoms with van der Waals surface area (Å²) in [7, 11) is 2.05. The van der Waals surface area contributed by atoms with Crippen LogP contribution in [0.5, 0.6) is 0 Å². The standard InChI is InChI=1S/C24H22N2O3.ClH/c1-3-16-25(2)17-18-4-6-19(7-5-18)20-8-10-21(11-9-20)24(27)22-12-14-23(15-13-22)26(28)29;/h3-15H,1,16-17H2,2H3;1H. The Morgan fingerprint density at radius 1 is 0.933 bits per heavy atom. The first-order chi connectivity index (χ1) is 14.0. The molecule has 154 valence electrons. The molecule has 0 unspecified atom stereocenters. The number of hydrogen-bond acceptors (Lipinski definition) is 4. The monoisotopic (exact) mass is 422 g/mol. The minimum absolute atomic E-state index is 0. The fourth-order valence-electron chi connectivity index (χ4n) is 3.11. The number of halogens is 1. The molecule has 30 heavy (non-hydrogen) atoms. The summed E-state index contributed by atoms with van der Waals surface area (Å²) in [5, 5.41) is 10.7. The molecule has 0 bridgehead atoms. The number of rotatable bonds is 8. The van der Waals surface area contributed by atoms with Crippen molar-refractivity contribution >= 4 is 23.9 Å². The molecule has 0 fully saturated rings. The average Bonchev–Trinajstić information content (AvgIpc) is 2.74. The SMILES string of the molecule is C=CCN(C)Cc1ccc(-c2ccc(C(=O)c3ccc([N+](=O)[O-])cc3)cc2)cc1.Cl. The third-order valence-electron chi connectivity index (χ3n) is 4.67. The van der Waals surface area contributed by atoms with Crippen LogP contribution in [0.4, 0.5) is 5.69 Å². The Hall–Kier alpha value is -3.28. The number of likely N-dealkylation sites (N-methyl/N-ethyl adjacent to an activating group) is 1. The molecule has 0 aliphatic rings. The summed E-state index contributed by atoms with van der Waals surface area (Å²) >= 11 is 0. The van der Waals surface area contributed by atoms with Gasteiger partial charge in [-0.3, -0.25) is 19.8 Å². The second-order valence-electron chi connectivity index (χ2n) is 6.89. The Morgan fingerprint density at radius 3 is 1.87 bits per heavy atom. The molecule has 0 atom stereocenters. The molecule has 0 saturated heterocycles. The summed E-state index contributed by atoms with van der Waals surface area (Å²) in [5.74, 6) is -0.160. The Bertz CT molecular complexity index is 1010. The van der Waals surface area contributed by atoms with Gasteiger partial charge >= 0.3 is 0 Å². The van der Waals surface area contributed by atoms with Crippen LogP contribution in [0.2, 0.25) is 0 Å². The van der Waals surface area contributed by atoms with E-state index in [4.69, 9.17) is 0 Å². The highest BCUT2D eigenvalue weighted by atomic mass is 35.5. The lowest BCUT2D eigenvalue weighted by molar-refractivity contribution is -0.384. The van der Waals surface area contributed by atoms with Crippen molar-refractivity contribution < 1.29 is 9.72 Å². The van der Waals surface area contributed by atoms with E-state index >= 15 is 0 Å². The molecular formula is C24H23ClN2O3. The quantitative estimate of drug-likeness (QED) is 0.207. The molecule has 0 spiro atoms. The highest BCUT2D eigenvalue weighted by Gasteiger charge is 2.12. The van der Waals surface area contributed by atoms with E-state index in [9.17, 15) is 14.9 Å². The van der Waals surface area contributed by atoms with Crippen molar-refractivity contribution in [2.75, 3.05) is 13.6 Å². The summed E-state index contributed by atoms with van der Waals surface area (Å²) in [5.41, 5.74) is 4.27. The van der Waals surface area contributed by atoms with Gasteiger partial charge in [-0.05, 0) is 35.9 Å². The van der Waals surface area contributed by atoms with Crippen molar-refractivity contribution in [2.45, 2.75) is 6.54 Å². The largest absolute Gasteiger partial charge is 0.298 e. The molecule has 0 aliphatic heterocycles. The van der Waals surface area contributed by atoms with Crippen LogP contribution in [0.3, 0.4) is 0 Å². The van der Waals surface area contributed by atoms with Crippen LogP contribution < -0.4 is 0 Å². The Kier molecular flexibility index (Phi) is 8.04. The first kappa shape index (κ1) is 23.0. The summed E-state index contributed by atoms with van der Waals surface area (Å²) < 4.78 is 0. The lowest BCUT2D eigenvalue weighted by Crippen LogP contribution is -2.17. The zero-order valence-corrected chi connectivity index (χ0v) is 17.5. The topological polar surface area (TPSA) is 63.5 Å². The molecule has 5 nitrogen and oxygen atoms in total. The van der Waals surface area contributed by atoms with E-state index in [1.165, 1.54) is 29.8 Å². The molecule has 0 radical (unpaired) electrons. The summed E-state index contributed by atoms with van der Waals surface area (Å²) in [6.45, 7) is 5.45. The first-order valence-electron chi connectivity index (χ1n) is 9.26. The van der Waals surface area contributed by atoms with Gasteiger partial charge in [-0.15, -0.1) is 19.0 Å². The van der Waals surface area contributed by atoms with Crippen LogP contribution in [-0.2, 0) is 6.54 Å². The predicted molar refractivity (Wildman–Crippen MR) is 122 cm³/mol. The van der Waals surface area contributed by atoms with Crippen molar-refractivity contribution in [3.8, 4) is 11.1 Å². The highest BCUT2D eigenvalue weighted by Crippen LogP contribution is 2.22. The van der Waals surface area contributed by atoms with Crippen molar-refractivity contribution in [3.05, 3.63) is 112 Å². The van der Waals surface area contributed by atoms with Gasteiger partial charge in [0.05, 0.1) is 4.92 Å². The number of nitro groups is 1. The zero-order valence-electron chi connectivity index (χ0n) is 16.7. The maximum absolute atomic E-state index is 12.6. The number of carbonyl (C=O) groups excluding carboxylic acids is 1. The molecule has 0 amide bonds. The van der Waals surface area contributed by atoms with Gasteiger partial charge in [-0.1, -0.05) is 54.6 Å². The van der Waals surface area contributed by atoms with Gasteiger partial charge < -0.3 is 0 Å². The number of nitro benzene ring substituents is 1. The van der Waals surface area contributed by atoms with E-state index in [2.05, 4.69) is 42.8 Å². The van der Waals surface area contributed by atoms with Crippen molar-refractivity contribution in [2.24, 2.45) is 0 Å². The van der Waals surface area contributed by atoms with Crippen molar-refractivity contribution in [1.29, 1.82) is 0 Å². The normalized spacial score (nSPS) is 10.3. The van der Waals surface area contributed by atoms with Gasteiger partial charge in [-0.25, -0.2) is 0 Å². The number of nitrogens with zero attached hydrogens (tertiary/aromatic N) is 2. The lowest BCUT2D eigenvalue weighted by Gasteiger charge is -2.14. The Balaban J connectivity index is 0.00000320. The zero-order chi connectivity index (χ0) is 20.8. The van der Waals surface area contributed by atoms with E-state index in [0.717, 1.165) is 24.2 Å². The Labute approximate surface area is 182 Å². The van der Waals surface area contributed by atoms with E-state index in [-0.39, 0.29) is 23.9 Å². The maximum atomic E-state index is 12.6. The molecule has 0 aromatic heterocycles. The Morgan fingerprint density at radius 2 is 1.40 bits per heavy atom. The van der Waals surface area contributed by atoms with Gasteiger partial charge in [0.2, 0.25) is 0 Å². The third kappa shape index (κ3) is 5.63. The number of ketones is 1. The molecule has 0 heterocycles. The molecule has 0 N–H and O–H groups in total. The summed E-state index contributed by atoms with van der Waals surface area (Å²) in [6, 6.07) is 21.4. The minimum atomic E-state index is -0.480. The van der Waals surface area contributed by atoms with Gasteiger partial charge in [0.25, 0.3) is 5.69 Å². The van der Waals surface area contributed by atoms with Crippen molar-refractivity contribution in [1.82, 2.24) is 4.90 Å². The van der Waals surface area contributed by atoms with Crippen molar-refractivity contribution in [3.63, 3.8) is 0 Å². The summed E-state index contributed by atoms with van der Waals surface area (Å²) in [6.07, 6.45) is 1.88. The molecular weight excluding hydrogens is 400 g/mol. The van der Waals surface area contributed by atoms with Gasteiger partial charge in [0, 0.05) is 36.3 Å². The number of carbonyl (C=O) groups is 1. The number of non-ortho nitro benzene ring substituents is 1. The first-order valence-corrected chi connectivity index (χ1v) is 9.26. The van der Waals surface area contributed by atoms with Crippen LogP contribution in [0.1, 0.15) is 21.5 Å². The second kappa shape index (κ2) is 10.5. The maximum Gasteiger partial charge on any atom is 0.269 e. The van der Waals surface area contributed by atoms with E-state index in [1.54, 1.807) is 12.1 Å². The van der Waals surface area contributed by atoms with Gasteiger partial charge in [-0.2, -0.15) is 0 Å². The second-order valence-corrected chi connectivity index (χ2v) is 6.89. The van der Waals surface area contributed by atoms with Crippen LogP contribution in [-0.4, -0.2) is 29.2 Å². The number of benzene rings is 3. The number of hydrogen-bond donors (Lipinski definition) is 0. The van der Waals surface area contributed by atoms with Gasteiger partial charge in [0.1, 0.15) is 0 Å². The average molecular weight is 423 g/mol. The van der Waals surface area contributed by atoms with E-state index < -0.39 is 4.92 Å². The predicted octanol–water partition coefficient (Wildman–Crippen LogP) is 5.53. The van der Waals surface area contributed by atoms with Crippen LogP contribution in [0.15, 0.2) is 85.5 Å². The molecule has 3 aromatic carbocycles. The van der Waals surface area contributed by atoms with E-state index in [1.807, 2.05) is 18.2 Å². The summed E-state index contributed by atoms with van der Waals surface area (Å²) in [4.78, 5) is 25.0. The van der Waals surface area contributed by atoms with Crippen LogP contribution >= 0.6 is 12.4 Å². The fraction of sp³-hybridized carbons (Fsp3) is 0.125. The van der Waals surface area contributed by atoms with Gasteiger partial charge in [0.15, 0.2) is 5.78 Å². The highest BCUT2D eigenvalue weighted by molar-refractivity contribution is 6.09. The van der Waals surface area contributed by atoms with Crippen LogP contribution in [0, 0.1) is 10.1 Å². The molecule has 3 rings (SSSR count). The van der Waals surface area contributed by atoms with E-state index in [0.29, 0.717) is 11.1 Å². The lowest BCUT2D eigenvalue weighted by atomic mass is 9.98.